The molecule has 0 radical (unpaired) electrons. The molecule has 0 saturated carbocycles. The maximum Gasteiger partial charge on any atom is 0.348 e. The normalized spacial score (nSPS) is 10.5. The zero-order chi connectivity index (χ0) is 14.8. The van der Waals surface area contributed by atoms with Crippen molar-refractivity contribution in [3.63, 3.8) is 0 Å². The lowest BCUT2D eigenvalue weighted by atomic mass is 10.2. The molecule has 0 amide bonds. The van der Waals surface area contributed by atoms with Gasteiger partial charge in [0.25, 0.3) is 0 Å². The van der Waals surface area contributed by atoms with Gasteiger partial charge in [-0.3, -0.25) is 10.7 Å². The average Bonchev–Trinajstić information content (AvgIpc) is 3.16. The molecule has 0 aliphatic rings. The molecule has 0 aliphatic heterocycles. The van der Waals surface area contributed by atoms with Gasteiger partial charge in [0.05, 0.1) is 11.4 Å². The summed E-state index contributed by atoms with van der Waals surface area (Å²) in [5.41, 5.74) is 4.73. The molecule has 0 atom stereocenters. The monoisotopic (exact) mass is 318 g/mol. The topological polar surface area (TPSA) is 82.5 Å². The van der Waals surface area contributed by atoms with E-state index in [0.29, 0.717) is 16.4 Å². The molecule has 2 heterocycles. The number of aromatic carboxylic acids is 1. The van der Waals surface area contributed by atoms with Crippen molar-refractivity contribution in [2.24, 2.45) is 0 Å². The minimum absolute atomic E-state index is 0.229. The number of thiazole rings is 1. The number of nitrogens with zero attached hydrogens (tertiary/aromatic N) is 1. The van der Waals surface area contributed by atoms with E-state index >= 15 is 0 Å². The Morgan fingerprint density at radius 2 is 1.90 bits per heavy atom. The van der Waals surface area contributed by atoms with Crippen LogP contribution in [0.15, 0.2) is 41.1 Å². The molecule has 7 heteroatoms. The Kier molecular flexibility index (Phi) is 3.70. The highest BCUT2D eigenvalue weighted by Gasteiger charge is 2.19. The summed E-state index contributed by atoms with van der Waals surface area (Å²) in [6.45, 7) is 0. The van der Waals surface area contributed by atoms with Gasteiger partial charge in [-0.05, 0) is 35.7 Å². The van der Waals surface area contributed by atoms with E-state index in [4.69, 9.17) is 5.21 Å². The number of carboxylic acid groups (broad SMARTS) is 1. The van der Waals surface area contributed by atoms with Gasteiger partial charge in [0.15, 0.2) is 0 Å². The second-order valence-corrected chi connectivity index (χ2v) is 5.98. The number of anilines is 1. The second kappa shape index (κ2) is 5.65. The molecule has 1 aromatic carbocycles. The van der Waals surface area contributed by atoms with Gasteiger partial charge in [0, 0.05) is 16.5 Å². The van der Waals surface area contributed by atoms with Gasteiger partial charge in [-0.25, -0.2) is 9.78 Å². The summed E-state index contributed by atoms with van der Waals surface area (Å²) >= 11 is 2.64. The van der Waals surface area contributed by atoms with Crippen LogP contribution in [0.5, 0.6) is 0 Å². The first-order valence-electron chi connectivity index (χ1n) is 5.96. The maximum absolute atomic E-state index is 11.4. The molecule has 0 saturated heterocycles. The summed E-state index contributed by atoms with van der Waals surface area (Å²) in [5.74, 6) is -0.978. The fraction of sp³-hybridized carbons (Fsp3) is 0. The van der Waals surface area contributed by atoms with E-state index in [9.17, 15) is 9.90 Å². The maximum atomic E-state index is 11.4. The van der Waals surface area contributed by atoms with Crippen molar-refractivity contribution in [1.82, 2.24) is 4.98 Å². The van der Waals surface area contributed by atoms with Crippen LogP contribution in [-0.2, 0) is 0 Å². The van der Waals surface area contributed by atoms with E-state index in [2.05, 4.69) is 10.5 Å². The predicted molar refractivity (Wildman–Crippen MR) is 83.2 cm³/mol. The number of benzene rings is 1. The molecule has 3 N–H and O–H groups in total. The van der Waals surface area contributed by atoms with E-state index in [1.807, 2.05) is 16.8 Å². The zero-order valence-electron chi connectivity index (χ0n) is 10.6. The Bertz CT molecular complexity index is 764. The van der Waals surface area contributed by atoms with Crippen molar-refractivity contribution >= 4 is 34.3 Å². The Balaban J connectivity index is 2.07. The molecule has 106 valence electrons. The van der Waals surface area contributed by atoms with Crippen molar-refractivity contribution in [3.05, 3.63) is 46.0 Å². The Hall–Kier alpha value is -2.22. The average molecular weight is 318 g/mol. The van der Waals surface area contributed by atoms with Crippen LogP contribution >= 0.6 is 22.7 Å². The SMILES string of the molecule is O=C(O)c1sc(-c2ccc(NO)cc2)nc1-c1ccsc1. The highest BCUT2D eigenvalue weighted by atomic mass is 32.1. The predicted octanol–water partition coefficient (Wildman–Crippen LogP) is 4.04. The molecule has 0 fully saturated rings. The minimum atomic E-state index is -0.978. The van der Waals surface area contributed by atoms with Crippen LogP contribution in [0.3, 0.4) is 0 Å². The minimum Gasteiger partial charge on any atom is -0.477 e. The molecular formula is C14H10N2O3S2. The summed E-state index contributed by atoms with van der Waals surface area (Å²) in [4.78, 5) is 16.1. The summed E-state index contributed by atoms with van der Waals surface area (Å²) in [6, 6.07) is 8.80. The molecule has 0 aliphatic carbocycles. The van der Waals surface area contributed by atoms with Gasteiger partial charge in [-0.1, -0.05) is 0 Å². The largest absolute Gasteiger partial charge is 0.477 e. The first-order chi connectivity index (χ1) is 10.2. The van der Waals surface area contributed by atoms with Gasteiger partial charge in [-0.15, -0.1) is 11.3 Å². The molecule has 2 aromatic heterocycles. The van der Waals surface area contributed by atoms with Crippen LogP contribution in [0.2, 0.25) is 0 Å². The number of thiophene rings is 1. The summed E-state index contributed by atoms with van der Waals surface area (Å²) in [7, 11) is 0. The number of hydrogen-bond donors (Lipinski definition) is 3. The lowest BCUT2D eigenvalue weighted by Gasteiger charge is -1.99. The smallest absolute Gasteiger partial charge is 0.348 e. The molecule has 3 aromatic rings. The van der Waals surface area contributed by atoms with Crippen LogP contribution in [-0.4, -0.2) is 21.3 Å². The van der Waals surface area contributed by atoms with E-state index in [0.717, 1.165) is 22.5 Å². The molecule has 0 bridgehead atoms. The van der Waals surface area contributed by atoms with Gasteiger partial charge < -0.3 is 5.11 Å². The third-order valence-corrected chi connectivity index (χ3v) is 4.65. The van der Waals surface area contributed by atoms with Gasteiger partial charge >= 0.3 is 5.97 Å². The Morgan fingerprint density at radius 1 is 1.14 bits per heavy atom. The molecule has 0 unspecified atom stereocenters. The van der Waals surface area contributed by atoms with Crippen molar-refractivity contribution in [2.45, 2.75) is 0 Å². The van der Waals surface area contributed by atoms with Crippen LogP contribution in [0.4, 0.5) is 5.69 Å². The summed E-state index contributed by atoms with van der Waals surface area (Å²) in [5, 5.41) is 22.5. The van der Waals surface area contributed by atoms with E-state index in [1.54, 1.807) is 24.3 Å². The number of hydrogen-bond acceptors (Lipinski definition) is 6. The third kappa shape index (κ3) is 2.66. The van der Waals surface area contributed by atoms with Crippen LogP contribution in [0.1, 0.15) is 9.67 Å². The molecule has 5 nitrogen and oxygen atoms in total. The molecular weight excluding hydrogens is 308 g/mol. The molecule has 3 rings (SSSR count). The molecule has 21 heavy (non-hydrogen) atoms. The highest BCUT2D eigenvalue weighted by Crippen LogP contribution is 2.35. The van der Waals surface area contributed by atoms with Gasteiger partial charge in [-0.2, -0.15) is 11.3 Å². The summed E-state index contributed by atoms with van der Waals surface area (Å²) < 4.78 is 0. The number of aromatic nitrogens is 1. The zero-order valence-corrected chi connectivity index (χ0v) is 12.2. The first kappa shape index (κ1) is 13.7. The van der Waals surface area contributed by atoms with E-state index < -0.39 is 5.97 Å². The van der Waals surface area contributed by atoms with Crippen molar-refractivity contribution in [1.29, 1.82) is 0 Å². The lowest BCUT2D eigenvalue weighted by molar-refractivity contribution is 0.0702. The van der Waals surface area contributed by atoms with Crippen molar-refractivity contribution < 1.29 is 15.1 Å². The van der Waals surface area contributed by atoms with Crippen LogP contribution < -0.4 is 5.48 Å². The van der Waals surface area contributed by atoms with Crippen LogP contribution in [0.25, 0.3) is 21.8 Å². The fourth-order valence-corrected chi connectivity index (χ4v) is 3.44. The number of carboxylic acids is 1. The van der Waals surface area contributed by atoms with Crippen LogP contribution in [0, 0.1) is 0 Å². The first-order valence-corrected chi connectivity index (χ1v) is 7.72. The van der Waals surface area contributed by atoms with E-state index in [1.165, 1.54) is 11.3 Å². The summed E-state index contributed by atoms with van der Waals surface area (Å²) in [6.07, 6.45) is 0. The number of nitrogens with one attached hydrogen (secondary N) is 1. The standard InChI is InChI=1S/C14H10N2O3S2/c17-14(18)12-11(9-5-6-20-7-9)15-13(21-12)8-1-3-10(16-19)4-2-8/h1-7,16,19H,(H,17,18). The molecule has 0 spiro atoms. The number of carbonyl (C=O) groups is 1. The second-order valence-electron chi connectivity index (χ2n) is 4.20. The Labute approximate surface area is 128 Å². The lowest BCUT2D eigenvalue weighted by Crippen LogP contribution is -1.94. The van der Waals surface area contributed by atoms with Crippen molar-refractivity contribution in [2.75, 3.05) is 5.48 Å². The Morgan fingerprint density at radius 3 is 2.48 bits per heavy atom. The van der Waals surface area contributed by atoms with Gasteiger partial charge in [0.1, 0.15) is 9.88 Å². The van der Waals surface area contributed by atoms with Crippen molar-refractivity contribution in [3.8, 4) is 21.8 Å². The number of rotatable bonds is 4. The fourth-order valence-electron chi connectivity index (χ4n) is 1.87. The third-order valence-electron chi connectivity index (χ3n) is 2.88. The van der Waals surface area contributed by atoms with Gasteiger partial charge in [0.2, 0.25) is 0 Å². The quantitative estimate of drug-likeness (QED) is 0.632. The van der Waals surface area contributed by atoms with E-state index in [-0.39, 0.29) is 4.88 Å². The highest BCUT2D eigenvalue weighted by molar-refractivity contribution is 7.17.